The fraction of sp³-hybridized carbons (Fsp3) is 0.333. The van der Waals surface area contributed by atoms with E-state index in [9.17, 15) is 18.4 Å². The highest BCUT2D eigenvalue weighted by molar-refractivity contribution is 7.23. The second-order valence-electron chi connectivity index (χ2n) is 11.9. The molecule has 0 spiro atoms. The normalized spacial score (nSPS) is 17.6. The number of nitriles is 1. The molecule has 3 aromatic heterocycles. The predicted molar refractivity (Wildman–Crippen MR) is 181 cm³/mol. The molecule has 0 bridgehead atoms. The minimum atomic E-state index is -2.53. The van der Waals surface area contributed by atoms with Gasteiger partial charge in [0.1, 0.15) is 34.0 Å². The van der Waals surface area contributed by atoms with Crippen molar-refractivity contribution < 1.29 is 22.3 Å². The summed E-state index contributed by atoms with van der Waals surface area (Å²) >= 11 is 7.62. The summed E-state index contributed by atoms with van der Waals surface area (Å²) in [5.41, 5.74) is 12.7. The van der Waals surface area contributed by atoms with Crippen LogP contribution in [0.5, 0.6) is 6.01 Å². The number of nitrogens with two attached hydrogens (primary N) is 2. The number of fused-ring (bicyclic) bond motifs is 2. The van der Waals surface area contributed by atoms with E-state index >= 15 is 4.39 Å². The van der Waals surface area contributed by atoms with Gasteiger partial charge in [-0.1, -0.05) is 30.7 Å². The summed E-state index contributed by atoms with van der Waals surface area (Å²) in [7, 11) is 1.85. The van der Waals surface area contributed by atoms with Crippen LogP contribution >= 0.6 is 22.9 Å². The number of thiophene rings is 1. The first-order chi connectivity index (χ1) is 23.0. The number of hydrogen-bond donors (Lipinski definition) is 3. The zero-order chi connectivity index (χ0) is 34.3. The zero-order valence-electron chi connectivity index (χ0n) is 25.9. The monoisotopic (exact) mass is 698 g/mol. The van der Waals surface area contributed by atoms with Gasteiger partial charge in [0, 0.05) is 53.4 Å². The maximum absolute atomic E-state index is 16.8. The van der Waals surface area contributed by atoms with Gasteiger partial charge in [0.05, 0.1) is 21.9 Å². The summed E-state index contributed by atoms with van der Waals surface area (Å²) in [6.45, 7) is 3.03. The van der Waals surface area contributed by atoms with Crippen LogP contribution in [0.1, 0.15) is 30.4 Å². The van der Waals surface area contributed by atoms with Crippen LogP contribution in [0.25, 0.3) is 32.1 Å². The summed E-state index contributed by atoms with van der Waals surface area (Å²) in [5, 5.41) is 13.4. The van der Waals surface area contributed by atoms with Gasteiger partial charge in [0.2, 0.25) is 6.43 Å². The third-order valence-corrected chi connectivity index (χ3v) is 10.1. The summed E-state index contributed by atoms with van der Waals surface area (Å²) in [6.07, 6.45) is -0.629. The highest BCUT2D eigenvalue weighted by Crippen LogP contribution is 2.45. The van der Waals surface area contributed by atoms with Crippen molar-refractivity contribution in [2.75, 3.05) is 50.1 Å². The smallest absolute Gasteiger partial charge is 0.319 e. The molecular weight excluding hydrogens is 668 g/mol. The van der Waals surface area contributed by atoms with Gasteiger partial charge >= 0.3 is 6.01 Å². The molecular formula is C33H31ClF4N8OS. The summed E-state index contributed by atoms with van der Waals surface area (Å²) in [6, 6.07) is 9.34. The average Bonchev–Trinajstić information content (AvgIpc) is 3.40. The lowest BCUT2D eigenvalue weighted by atomic mass is 9.86. The standard InChI is InChI=1S/C33H31ClF4N8OS/c1-15(17-4-3-8-42-30(17)40)12-43-32-20-10-22(34)25(19-5-6-23(35)28-24(19)21(11-39)31(41)48-28)26(36)27(20)44-33(45-32)47-14-16-13-46(2)9-7-18(16)29(37)38/h3-6,8,10,15-16,18,29H,7,9,12-14,41H2,1-2H3,(H2,40,42)(H,43,44,45)/t15-,16-,18-/m0/s1. The number of likely N-dealkylation sites (tertiary alicyclic amines) is 1. The average molecular weight is 699 g/mol. The van der Waals surface area contributed by atoms with Crippen molar-refractivity contribution in [2.45, 2.75) is 25.7 Å². The molecule has 4 heterocycles. The second kappa shape index (κ2) is 13.6. The van der Waals surface area contributed by atoms with Crippen LogP contribution in [0, 0.1) is 34.8 Å². The molecule has 15 heteroatoms. The maximum atomic E-state index is 16.8. The van der Waals surface area contributed by atoms with Gasteiger partial charge in [0.25, 0.3) is 0 Å². The SMILES string of the molecule is C[C@@H](CNc1nc(OC[C@@H]2CN(C)CC[C@@H]2C(F)F)nc2c(F)c(-c3ccc(F)c4sc(N)c(C#N)c34)c(Cl)cc12)c1cccnc1N. The van der Waals surface area contributed by atoms with Gasteiger partial charge in [-0.3, -0.25) is 0 Å². The number of aromatic nitrogens is 3. The molecule has 3 atom stereocenters. The number of pyridine rings is 1. The quantitative estimate of drug-likeness (QED) is 0.135. The summed E-state index contributed by atoms with van der Waals surface area (Å²) in [4.78, 5) is 15.0. The summed E-state index contributed by atoms with van der Waals surface area (Å²) in [5.74, 6) is -2.48. The minimum Gasteiger partial charge on any atom is -0.463 e. The number of benzene rings is 2. The Morgan fingerprint density at radius 1 is 1.23 bits per heavy atom. The molecule has 1 aliphatic heterocycles. The molecule has 6 rings (SSSR count). The lowest BCUT2D eigenvalue weighted by molar-refractivity contribution is -0.0142. The molecule has 1 saturated heterocycles. The van der Waals surface area contributed by atoms with Crippen LogP contribution in [0.3, 0.4) is 0 Å². The van der Waals surface area contributed by atoms with E-state index in [1.54, 1.807) is 12.3 Å². The van der Waals surface area contributed by atoms with E-state index in [-0.39, 0.29) is 72.1 Å². The van der Waals surface area contributed by atoms with Gasteiger partial charge in [0.15, 0.2) is 5.82 Å². The molecule has 0 unspecified atom stereocenters. The Morgan fingerprint density at radius 2 is 2.02 bits per heavy atom. The Balaban J connectivity index is 1.46. The van der Waals surface area contributed by atoms with E-state index in [4.69, 9.17) is 27.8 Å². The molecule has 0 radical (unpaired) electrons. The molecule has 2 aromatic carbocycles. The molecule has 48 heavy (non-hydrogen) atoms. The Bertz CT molecular complexity index is 2050. The number of ether oxygens (including phenoxy) is 1. The molecule has 0 saturated carbocycles. The van der Waals surface area contributed by atoms with Crippen molar-refractivity contribution in [3.63, 3.8) is 0 Å². The molecule has 250 valence electrons. The van der Waals surface area contributed by atoms with Crippen molar-refractivity contribution >= 4 is 60.6 Å². The van der Waals surface area contributed by atoms with Crippen molar-refractivity contribution in [3.8, 4) is 23.2 Å². The van der Waals surface area contributed by atoms with Crippen LogP contribution in [-0.2, 0) is 0 Å². The number of nitrogen functional groups attached to an aromatic ring is 2. The Hall–Kier alpha value is -4.45. The Kier molecular flexibility index (Phi) is 9.46. The maximum Gasteiger partial charge on any atom is 0.319 e. The van der Waals surface area contributed by atoms with Crippen LogP contribution in [0.15, 0.2) is 36.5 Å². The molecule has 1 fully saturated rings. The van der Waals surface area contributed by atoms with Gasteiger partial charge in [-0.25, -0.2) is 22.5 Å². The van der Waals surface area contributed by atoms with Crippen LogP contribution < -0.4 is 21.5 Å². The largest absolute Gasteiger partial charge is 0.463 e. The number of piperidine rings is 1. The van der Waals surface area contributed by atoms with Gasteiger partial charge in [-0.05, 0) is 49.3 Å². The molecule has 9 nitrogen and oxygen atoms in total. The number of nitrogens with zero attached hydrogens (tertiary/aromatic N) is 5. The third kappa shape index (κ3) is 6.25. The second-order valence-corrected chi connectivity index (χ2v) is 13.4. The number of halogens is 5. The first-order valence-electron chi connectivity index (χ1n) is 15.1. The Labute approximate surface area is 282 Å². The van der Waals surface area contributed by atoms with E-state index in [0.717, 1.165) is 23.0 Å². The molecule has 0 aliphatic carbocycles. The highest BCUT2D eigenvalue weighted by Gasteiger charge is 2.35. The van der Waals surface area contributed by atoms with E-state index in [0.29, 0.717) is 31.9 Å². The van der Waals surface area contributed by atoms with Crippen molar-refractivity contribution in [1.29, 1.82) is 5.26 Å². The van der Waals surface area contributed by atoms with Crippen LogP contribution in [-0.4, -0.2) is 59.6 Å². The van der Waals surface area contributed by atoms with E-state index in [2.05, 4.69) is 20.3 Å². The number of hydrogen-bond acceptors (Lipinski definition) is 10. The fourth-order valence-corrected chi connectivity index (χ4v) is 7.50. The first kappa shape index (κ1) is 33.5. The number of rotatable bonds is 9. The lowest BCUT2D eigenvalue weighted by Crippen LogP contribution is -2.43. The highest BCUT2D eigenvalue weighted by atomic mass is 35.5. The summed E-state index contributed by atoms with van der Waals surface area (Å²) < 4.78 is 65.4. The number of anilines is 3. The van der Waals surface area contributed by atoms with Gasteiger partial charge in [-0.15, -0.1) is 11.3 Å². The zero-order valence-corrected chi connectivity index (χ0v) is 27.5. The number of alkyl halides is 2. The van der Waals surface area contributed by atoms with E-state index in [1.807, 2.05) is 31.0 Å². The molecule has 0 amide bonds. The number of nitrogens with one attached hydrogen (secondary N) is 1. The minimum absolute atomic E-state index is 0.00354. The van der Waals surface area contributed by atoms with Gasteiger partial charge in [-0.2, -0.15) is 15.2 Å². The Morgan fingerprint density at radius 3 is 2.75 bits per heavy atom. The molecule has 5 aromatic rings. The van der Waals surface area contributed by atoms with Crippen LogP contribution in [0.2, 0.25) is 5.02 Å². The van der Waals surface area contributed by atoms with Crippen molar-refractivity contribution in [1.82, 2.24) is 19.9 Å². The molecule has 5 N–H and O–H groups in total. The predicted octanol–water partition coefficient (Wildman–Crippen LogP) is 7.30. The van der Waals surface area contributed by atoms with E-state index < -0.39 is 29.9 Å². The van der Waals surface area contributed by atoms with Crippen LogP contribution in [0.4, 0.5) is 34.2 Å². The fourth-order valence-electron chi connectivity index (χ4n) is 6.26. The van der Waals surface area contributed by atoms with Crippen molar-refractivity contribution in [2.24, 2.45) is 11.8 Å². The molecule has 1 aliphatic rings. The van der Waals surface area contributed by atoms with E-state index in [1.165, 1.54) is 12.1 Å². The topological polar surface area (TPSA) is 139 Å². The third-order valence-electron chi connectivity index (χ3n) is 8.79. The van der Waals surface area contributed by atoms with Gasteiger partial charge < -0.3 is 26.4 Å². The lowest BCUT2D eigenvalue weighted by Gasteiger charge is -2.35. The van der Waals surface area contributed by atoms with Crippen molar-refractivity contribution in [3.05, 3.63) is 64.3 Å². The first-order valence-corrected chi connectivity index (χ1v) is 16.3.